The summed E-state index contributed by atoms with van der Waals surface area (Å²) in [7, 11) is 5.50. The first-order valence-corrected chi connectivity index (χ1v) is 3.04. The van der Waals surface area contributed by atoms with Gasteiger partial charge in [0.25, 0.3) is 0 Å². The summed E-state index contributed by atoms with van der Waals surface area (Å²) >= 11 is 0. The Balaban J connectivity index is 2.97. The van der Waals surface area contributed by atoms with E-state index < -0.39 is 0 Å². The Morgan fingerprint density at radius 3 is 1.70 bits per heavy atom. The van der Waals surface area contributed by atoms with Gasteiger partial charge in [-0.1, -0.05) is 0 Å². The average Bonchev–Trinajstić information content (AvgIpc) is 2.30. The molecule has 0 aliphatic heterocycles. The Labute approximate surface area is 59.5 Å². The molecule has 2 N–H and O–H groups in total. The van der Waals surface area contributed by atoms with E-state index in [9.17, 15) is 0 Å². The second kappa shape index (κ2) is 2.55. The summed E-state index contributed by atoms with van der Waals surface area (Å²) in [4.78, 5) is 0. The zero-order valence-corrected chi connectivity index (χ0v) is 6.34. The maximum atomic E-state index is 3.84. The van der Waals surface area contributed by atoms with Crippen molar-refractivity contribution in [2.45, 2.75) is 0 Å². The lowest BCUT2D eigenvalue weighted by Gasteiger charge is -1.99. The zero-order chi connectivity index (χ0) is 7.56. The summed E-state index contributed by atoms with van der Waals surface area (Å²) in [5.41, 5.74) is 0. The van der Waals surface area contributed by atoms with Crippen LogP contribution in [-0.2, 0) is 7.05 Å². The molecule has 0 spiro atoms. The zero-order valence-electron chi connectivity index (χ0n) is 6.34. The molecule has 0 saturated heterocycles. The first-order chi connectivity index (χ1) is 4.79. The minimum Gasteiger partial charge on any atom is -0.357 e. The fourth-order valence-corrected chi connectivity index (χ4v) is 0.765. The van der Waals surface area contributed by atoms with Crippen LogP contribution in [0.3, 0.4) is 0 Å². The van der Waals surface area contributed by atoms with E-state index in [4.69, 9.17) is 0 Å². The molecule has 1 rings (SSSR count). The number of hydrogen-bond acceptors (Lipinski definition) is 4. The van der Waals surface area contributed by atoms with Crippen LogP contribution in [0.2, 0.25) is 0 Å². The Morgan fingerprint density at radius 2 is 1.50 bits per heavy atom. The molecule has 0 aliphatic rings. The number of nitrogens with one attached hydrogen (secondary N) is 2. The monoisotopic (exact) mass is 141 g/mol. The Hall–Kier alpha value is -1.26. The van der Waals surface area contributed by atoms with Crippen LogP contribution in [0.1, 0.15) is 0 Å². The quantitative estimate of drug-likeness (QED) is 0.603. The molecule has 0 unspecified atom stereocenters. The van der Waals surface area contributed by atoms with Crippen LogP contribution in [0, 0.1) is 0 Å². The standard InChI is InChI=1S/C5H11N5/c1-6-4-8-9-5(7-2)10(4)3/h1-3H3,(H,6,8)(H,7,9). The Morgan fingerprint density at radius 1 is 1.10 bits per heavy atom. The predicted octanol–water partition coefficient (Wildman–Crippen LogP) is -0.102. The van der Waals surface area contributed by atoms with Gasteiger partial charge >= 0.3 is 0 Å². The summed E-state index contributed by atoms with van der Waals surface area (Å²) in [6.07, 6.45) is 0. The topological polar surface area (TPSA) is 54.8 Å². The Bertz CT molecular complexity index is 194. The van der Waals surface area contributed by atoms with Gasteiger partial charge in [-0.2, -0.15) is 0 Å². The molecule has 56 valence electrons. The van der Waals surface area contributed by atoms with Crippen molar-refractivity contribution in [2.24, 2.45) is 7.05 Å². The van der Waals surface area contributed by atoms with Crippen molar-refractivity contribution in [1.29, 1.82) is 0 Å². The van der Waals surface area contributed by atoms with E-state index in [-0.39, 0.29) is 0 Å². The molecule has 0 radical (unpaired) electrons. The van der Waals surface area contributed by atoms with Crippen molar-refractivity contribution in [3.8, 4) is 0 Å². The highest BCUT2D eigenvalue weighted by molar-refractivity contribution is 5.35. The summed E-state index contributed by atoms with van der Waals surface area (Å²) in [5, 5.41) is 13.5. The third kappa shape index (κ3) is 0.896. The highest BCUT2D eigenvalue weighted by Crippen LogP contribution is 2.06. The molecule has 0 saturated carbocycles. The molecule has 10 heavy (non-hydrogen) atoms. The third-order valence-electron chi connectivity index (χ3n) is 1.32. The molecule has 5 heteroatoms. The van der Waals surface area contributed by atoms with Gasteiger partial charge in [0.05, 0.1) is 0 Å². The predicted molar refractivity (Wildman–Crippen MR) is 40.1 cm³/mol. The van der Waals surface area contributed by atoms with Crippen LogP contribution >= 0.6 is 0 Å². The lowest BCUT2D eigenvalue weighted by atomic mass is 10.8. The van der Waals surface area contributed by atoms with Crippen LogP contribution in [0.15, 0.2) is 0 Å². The minimum absolute atomic E-state index is 0.754. The van der Waals surface area contributed by atoms with E-state index in [1.165, 1.54) is 0 Å². The summed E-state index contributed by atoms with van der Waals surface area (Å²) in [6, 6.07) is 0. The van der Waals surface area contributed by atoms with Gasteiger partial charge in [-0.05, 0) is 0 Å². The fraction of sp³-hybridized carbons (Fsp3) is 0.600. The normalized spacial score (nSPS) is 9.50. The van der Waals surface area contributed by atoms with Gasteiger partial charge in [0.2, 0.25) is 11.9 Å². The van der Waals surface area contributed by atoms with Crippen molar-refractivity contribution in [1.82, 2.24) is 14.8 Å². The maximum absolute atomic E-state index is 3.84. The van der Waals surface area contributed by atoms with Gasteiger partial charge in [-0.25, -0.2) is 0 Å². The van der Waals surface area contributed by atoms with Crippen LogP contribution in [0.4, 0.5) is 11.9 Å². The van der Waals surface area contributed by atoms with Gasteiger partial charge in [0.15, 0.2) is 0 Å². The van der Waals surface area contributed by atoms with Gasteiger partial charge in [0.1, 0.15) is 0 Å². The van der Waals surface area contributed by atoms with Crippen LogP contribution in [0.5, 0.6) is 0 Å². The smallest absolute Gasteiger partial charge is 0.225 e. The van der Waals surface area contributed by atoms with Crippen LogP contribution < -0.4 is 10.6 Å². The average molecular weight is 141 g/mol. The molecule has 1 aromatic rings. The Kier molecular flexibility index (Phi) is 1.75. The van der Waals surface area contributed by atoms with E-state index in [0.717, 1.165) is 11.9 Å². The summed E-state index contributed by atoms with van der Waals surface area (Å²) in [6.45, 7) is 0. The van der Waals surface area contributed by atoms with E-state index >= 15 is 0 Å². The number of rotatable bonds is 2. The van der Waals surface area contributed by atoms with Gasteiger partial charge in [-0.15, -0.1) is 10.2 Å². The fourth-order valence-electron chi connectivity index (χ4n) is 0.765. The highest BCUT2D eigenvalue weighted by atomic mass is 15.4. The van der Waals surface area contributed by atoms with Crippen molar-refractivity contribution in [3.05, 3.63) is 0 Å². The van der Waals surface area contributed by atoms with Crippen LogP contribution in [-0.4, -0.2) is 28.9 Å². The number of aromatic nitrogens is 3. The van der Waals surface area contributed by atoms with E-state index in [1.807, 2.05) is 25.7 Å². The van der Waals surface area contributed by atoms with Crippen LogP contribution in [0.25, 0.3) is 0 Å². The molecular formula is C5H11N5. The minimum atomic E-state index is 0.754. The van der Waals surface area contributed by atoms with E-state index in [2.05, 4.69) is 20.8 Å². The molecular weight excluding hydrogens is 130 g/mol. The molecule has 0 bridgehead atoms. The molecule has 0 atom stereocenters. The summed E-state index contributed by atoms with van der Waals surface area (Å²) < 4.78 is 1.83. The highest BCUT2D eigenvalue weighted by Gasteiger charge is 2.02. The van der Waals surface area contributed by atoms with Gasteiger partial charge in [-0.3, -0.25) is 4.57 Å². The summed E-state index contributed by atoms with van der Waals surface area (Å²) in [5.74, 6) is 1.51. The second-order valence-electron chi connectivity index (χ2n) is 1.91. The third-order valence-corrected chi connectivity index (χ3v) is 1.32. The lowest BCUT2D eigenvalue weighted by molar-refractivity contribution is 0.921. The van der Waals surface area contributed by atoms with Gasteiger partial charge in [0, 0.05) is 21.1 Å². The van der Waals surface area contributed by atoms with E-state index in [1.54, 1.807) is 0 Å². The second-order valence-corrected chi connectivity index (χ2v) is 1.91. The SMILES string of the molecule is CNc1nnc(NC)n1C. The van der Waals surface area contributed by atoms with Crippen molar-refractivity contribution < 1.29 is 0 Å². The number of hydrogen-bond donors (Lipinski definition) is 2. The molecule has 1 heterocycles. The van der Waals surface area contributed by atoms with Crippen molar-refractivity contribution in [2.75, 3.05) is 24.7 Å². The van der Waals surface area contributed by atoms with Gasteiger partial charge < -0.3 is 10.6 Å². The van der Waals surface area contributed by atoms with E-state index in [0.29, 0.717) is 0 Å². The molecule has 0 aromatic carbocycles. The molecule has 0 aliphatic carbocycles. The number of nitrogens with zero attached hydrogens (tertiary/aromatic N) is 3. The first kappa shape index (κ1) is 6.85. The lowest BCUT2D eigenvalue weighted by Crippen LogP contribution is -2.01. The van der Waals surface area contributed by atoms with Crippen molar-refractivity contribution >= 4 is 11.9 Å². The number of anilines is 2. The first-order valence-electron chi connectivity index (χ1n) is 3.04. The molecule has 1 aromatic heterocycles. The van der Waals surface area contributed by atoms with Crippen molar-refractivity contribution in [3.63, 3.8) is 0 Å². The molecule has 0 fully saturated rings. The maximum Gasteiger partial charge on any atom is 0.225 e. The molecule has 5 nitrogen and oxygen atoms in total. The molecule has 0 amide bonds. The largest absolute Gasteiger partial charge is 0.357 e.